The molecule has 0 bridgehead atoms. The molecule has 8 heteroatoms. The lowest BCUT2D eigenvalue weighted by molar-refractivity contribution is -0.132. The number of nitrogens with one attached hydrogen (secondary N) is 3. The van der Waals surface area contributed by atoms with Crippen LogP contribution < -0.4 is 16.2 Å². The zero-order chi connectivity index (χ0) is 26.8. The molecule has 3 aromatic rings. The molecular weight excluding hydrogens is 488 g/mol. The number of nitrogens with zero attached hydrogens (tertiary/aromatic N) is 1. The maximum atomic E-state index is 13.0. The average Bonchev–Trinajstić information content (AvgIpc) is 2.83. The number of carbonyl (C=O) groups is 1. The number of amides is 1. The van der Waals surface area contributed by atoms with Crippen molar-refractivity contribution in [2.45, 2.75) is 40.0 Å². The quantitative estimate of drug-likeness (QED) is 0.251. The Bertz CT molecular complexity index is 1240. The van der Waals surface area contributed by atoms with Crippen molar-refractivity contribution in [3.63, 3.8) is 0 Å². The monoisotopic (exact) mass is 526 g/mol. The first kappa shape index (κ1) is 28.7. The summed E-state index contributed by atoms with van der Waals surface area (Å²) < 4.78 is 0. The number of rotatable bonds is 13. The van der Waals surface area contributed by atoms with Crippen LogP contribution in [0.2, 0.25) is 5.02 Å². The van der Waals surface area contributed by atoms with Crippen LogP contribution in [0.15, 0.2) is 53.3 Å². The smallest absolute Gasteiger partial charge is 0.248 e. The minimum absolute atomic E-state index is 0.0114. The van der Waals surface area contributed by atoms with Crippen LogP contribution in [0.1, 0.15) is 38.3 Å². The summed E-state index contributed by atoms with van der Waals surface area (Å²) in [6, 6.07) is 14.6. The van der Waals surface area contributed by atoms with Crippen molar-refractivity contribution in [3.05, 3.63) is 75.0 Å². The summed E-state index contributed by atoms with van der Waals surface area (Å²) in [5.41, 5.74) is 2.46. The predicted octanol–water partition coefficient (Wildman–Crippen LogP) is 4.12. The van der Waals surface area contributed by atoms with Gasteiger partial charge in [0.15, 0.2) is 0 Å². The standard InChI is InChI=1S/C29H39ClN4O3/c1-29(2,3)20-34(27(37)13-16-31-14-11-21-5-4-6-23(30)19-21)18-17-32-15-12-22-7-9-25(35)28-24(22)8-10-26(36)33-28/h4-10,19,31-32,35H,11-18,20H2,1-3H3,(H,33,36). The van der Waals surface area contributed by atoms with Crippen LogP contribution in [0.4, 0.5) is 0 Å². The predicted molar refractivity (Wildman–Crippen MR) is 151 cm³/mol. The van der Waals surface area contributed by atoms with Crippen molar-refractivity contribution in [2.75, 3.05) is 39.3 Å². The third-order valence-electron chi connectivity index (χ3n) is 6.11. The molecule has 3 rings (SSSR count). The Hall–Kier alpha value is -2.87. The number of benzene rings is 2. The lowest BCUT2D eigenvalue weighted by Crippen LogP contribution is -2.42. The van der Waals surface area contributed by atoms with Gasteiger partial charge >= 0.3 is 0 Å². The Morgan fingerprint density at radius 1 is 1.00 bits per heavy atom. The summed E-state index contributed by atoms with van der Waals surface area (Å²) in [6.07, 6.45) is 2.08. The zero-order valence-electron chi connectivity index (χ0n) is 22.1. The molecule has 1 heterocycles. The molecule has 0 fully saturated rings. The van der Waals surface area contributed by atoms with E-state index in [0.717, 1.165) is 41.9 Å². The minimum Gasteiger partial charge on any atom is -0.506 e. The van der Waals surface area contributed by atoms with Gasteiger partial charge < -0.3 is 25.6 Å². The molecule has 0 spiro atoms. The largest absolute Gasteiger partial charge is 0.506 e. The SMILES string of the molecule is CC(C)(C)CN(CCNCCc1ccc(O)c2[nH]c(=O)ccc12)C(=O)CCNCCc1cccc(Cl)c1. The van der Waals surface area contributed by atoms with Crippen LogP contribution >= 0.6 is 11.6 Å². The number of phenolic OH excluding ortho intramolecular Hbond substituents is 1. The highest BCUT2D eigenvalue weighted by Crippen LogP contribution is 2.24. The van der Waals surface area contributed by atoms with Gasteiger partial charge in [0, 0.05) is 49.1 Å². The minimum atomic E-state index is -0.238. The van der Waals surface area contributed by atoms with Crippen molar-refractivity contribution < 1.29 is 9.90 Å². The Kier molecular flexibility index (Phi) is 10.6. The molecule has 1 aromatic heterocycles. The second-order valence-corrected chi connectivity index (χ2v) is 11.0. The number of aromatic nitrogens is 1. The van der Waals surface area contributed by atoms with E-state index in [9.17, 15) is 14.7 Å². The zero-order valence-corrected chi connectivity index (χ0v) is 22.8. The third-order valence-corrected chi connectivity index (χ3v) is 6.34. The number of hydrogen-bond acceptors (Lipinski definition) is 5. The fourth-order valence-electron chi connectivity index (χ4n) is 4.35. The summed E-state index contributed by atoms with van der Waals surface area (Å²) in [5, 5.41) is 18.5. The number of phenols is 1. The van der Waals surface area contributed by atoms with Crippen LogP contribution in [-0.4, -0.2) is 60.2 Å². The van der Waals surface area contributed by atoms with E-state index in [4.69, 9.17) is 11.6 Å². The van der Waals surface area contributed by atoms with E-state index in [-0.39, 0.29) is 22.6 Å². The van der Waals surface area contributed by atoms with Gasteiger partial charge in [0.1, 0.15) is 5.75 Å². The van der Waals surface area contributed by atoms with Gasteiger partial charge in [0.25, 0.3) is 0 Å². The molecule has 7 nitrogen and oxygen atoms in total. The second-order valence-electron chi connectivity index (χ2n) is 10.6. The van der Waals surface area contributed by atoms with Crippen molar-refractivity contribution in [1.82, 2.24) is 20.5 Å². The van der Waals surface area contributed by atoms with Gasteiger partial charge in [-0.2, -0.15) is 0 Å². The maximum Gasteiger partial charge on any atom is 0.248 e. The summed E-state index contributed by atoms with van der Waals surface area (Å²) in [4.78, 5) is 29.2. The lowest BCUT2D eigenvalue weighted by Gasteiger charge is -2.30. The molecule has 0 saturated carbocycles. The number of aromatic hydroxyl groups is 1. The van der Waals surface area contributed by atoms with E-state index in [1.807, 2.05) is 29.2 Å². The van der Waals surface area contributed by atoms with Crippen molar-refractivity contribution in [2.24, 2.45) is 5.41 Å². The van der Waals surface area contributed by atoms with E-state index in [1.165, 1.54) is 11.6 Å². The van der Waals surface area contributed by atoms with Gasteiger partial charge in [0.05, 0.1) is 5.52 Å². The molecule has 0 atom stereocenters. The van der Waals surface area contributed by atoms with Gasteiger partial charge in [-0.25, -0.2) is 0 Å². The number of aromatic amines is 1. The lowest BCUT2D eigenvalue weighted by atomic mass is 9.96. The highest BCUT2D eigenvalue weighted by Gasteiger charge is 2.20. The third kappa shape index (κ3) is 9.50. The maximum absolute atomic E-state index is 13.0. The Morgan fingerprint density at radius 3 is 2.51 bits per heavy atom. The van der Waals surface area contributed by atoms with Gasteiger partial charge in [-0.05, 0) is 66.7 Å². The number of carbonyl (C=O) groups excluding carboxylic acids is 1. The fraction of sp³-hybridized carbons (Fsp3) is 0.448. The van der Waals surface area contributed by atoms with Crippen molar-refractivity contribution in [1.29, 1.82) is 0 Å². The summed E-state index contributed by atoms with van der Waals surface area (Å²) in [5.74, 6) is 0.222. The van der Waals surface area contributed by atoms with Crippen LogP contribution in [0.3, 0.4) is 0 Å². The van der Waals surface area contributed by atoms with E-state index in [2.05, 4.69) is 42.5 Å². The number of H-pyrrole nitrogens is 1. The average molecular weight is 527 g/mol. The van der Waals surface area contributed by atoms with E-state index < -0.39 is 0 Å². The molecule has 0 unspecified atom stereocenters. The van der Waals surface area contributed by atoms with E-state index in [1.54, 1.807) is 12.1 Å². The van der Waals surface area contributed by atoms with Crippen LogP contribution in [-0.2, 0) is 17.6 Å². The summed E-state index contributed by atoms with van der Waals surface area (Å²) in [7, 11) is 0. The highest BCUT2D eigenvalue weighted by atomic mass is 35.5. The Labute approximate surface area is 224 Å². The fourth-order valence-corrected chi connectivity index (χ4v) is 4.56. The Balaban J connectivity index is 1.43. The van der Waals surface area contributed by atoms with Gasteiger partial charge in [-0.3, -0.25) is 9.59 Å². The summed E-state index contributed by atoms with van der Waals surface area (Å²) in [6.45, 7) is 10.6. The molecule has 37 heavy (non-hydrogen) atoms. The molecular formula is C29H39ClN4O3. The molecule has 200 valence electrons. The Morgan fingerprint density at radius 2 is 1.76 bits per heavy atom. The number of hydrogen-bond donors (Lipinski definition) is 4. The molecule has 1 amide bonds. The van der Waals surface area contributed by atoms with Crippen LogP contribution in [0.5, 0.6) is 5.75 Å². The highest BCUT2D eigenvalue weighted by molar-refractivity contribution is 6.30. The van der Waals surface area contributed by atoms with E-state index >= 15 is 0 Å². The first-order valence-corrected chi connectivity index (χ1v) is 13.3. The molecule has 0 radical (unpaired) electrons. The molecule has 0 aliphatic rings. The number of pyridine rings is 1. The molecule has 0 saturated heterocycles. The topological polar surface area (TPSA) is 97.5 Å². The van der Waals surface area contributed by atoms with E-state index in [0.29, 0.717) is 38.1 Å². The van der Waals surface area contributed by atoms with Crippen LogP contribution in [0, 0.1) is 5.41 Å². The van der Waals surface area contributed by atoms with Gasteiger partial charge in [-0.15, -0.1) is 0 Å². The van der Waals surface area contributed by atoms with Crippen molar-refractivity contribution in [3.8, 4) is 5.75 Å². The normalized spacial score (nSPS) is 11.7. The van der Waals surface area contributed by atoms with Crippen molar-refractivity contribution >= 4 is 28.4 Å². The van der Waals surface area contributed by atoms with Gasteiger partial charge in [-0.1, -0.05) is 50.6 Å². The molecule has 0 aliphatic heterocycles. The first-order chi connectivity index (χ1) is 17.6. The molecule has 2 aromatic carbocycles. The first-order valence-electron chi connectivity index (χ1n) is 12.9. The second kappa shape index (κ2) is 13.6. The number of fused-ring (bicyclic) bond motifs is 1. The summed E-state index contributed by atoms with van der Waals surface area (Å²) >= 11 is 6.04. The van der Waals surface area contributed by atoms with Gasteiger partial charge in [0.2, 0.25) is 11.5 Å². The van der Waals surface area contributed by atoms with Crippen LogP contribution in [0.25, 0.3) is 10.9 Å². The molecule has 0 aliphatic carbocycles. The molecule has 4 N–H and O–H groups in total. The number of halogens is 1.